The normalized spacial score (nSPS) is 15.0. The number of benzene rings is 2. The fourth-order valence-electron chi connectivity index (χ4n) is 5.10. The van der Waals surface area contributed by atoms with Crippen molar-refractivity contribution in [2.75, 3.05) is 92.9 Å². The van der Waals surface area contributed by atoms with Crippen LogP contribution in [0.1, 0.15) is 52.6 Å². The van der Waals surface area contributed by atoms with Gasteiger partial charge < -0.3 is 33.9 Å². The van der Waals surface area contributed by atoms with Crippen LogP contribution in [0.15, 0.2) is 36.4 Å². The first-order valence-corrected chi connectivity index (χ1v) is 16.2. The highest BCUT2D eigenvalue weighted by Gasteiger charge is 2.25. The highest BCUT2D eigenvalue weighted by Crippen LogP contribution is 2.21. The molecular weight excluding hydrogens is 675 g/mol. The van der Waals surface area contributed by atoms with Gasteiger partial charge in [0.1, 0.15) is 30.3 Å². The van der Waals surface area contributed by atoms with E-state index in [-0.39, 0.29) is 42.8 Å². The zero-order chi connectivity index (χ0) is 34.4. The van der Waals surface area contributed by atoms with Crippen LogP contribution < -0.4 is 14.8 Å². The van der Waals surface area contributed by atoms with E-state index in [0.29, 0.717) is 37.4 Å². The number of amides is 1. The van der Waals surface area contributed by atoms with E-state index in [1.165, 1.54) is 14.2 Å². The van der Waals surface area contributed by atoms with E-state index in [2.05, 4.69) is 15.1 Å². The van der Waals surface area contributed by atoms with Gasteiger partial charge in [-0.25, -0.2) is 14.4 Å². The molecule has 2 aliphatic heterocycles. The maximum atomic E-state index is 12.1. The lowest BCUT2D eigenvalue weighted by atomic mass is 10.1. The molecule has 14 heteroatoms. The molecule has 0 radical (unpaired) electrons. The van der Waals surface area contributed by atoms with Crippen LogP contribution >= 0.6 is 24.8 Å². The van der Waals surface area contributed by atoms with Gasteiger partial charge in [0, 0.05) is 65.4 Å². The Morgan fingerprint density at radius 2 is 1.12 bits per heavy atom. The largest absolute Gasteiger partial charge is 0.492 e. The first kappa shape index (κ1) is 43.7. The number of piperazine rings is 2. The van der Waals surface area contributed by atoms with Gasteiger partial charge in [-0.3, -0.25) is 9.80 Å². The predicted octanol–water partition coefficient (Wildman–Crippen LogP) is 4.62. The molecule has 2 saturated heterocycles. The number of esters is 2. The average molecular weight is 730 g/mol. The summed E-state index contributed by atoms with van der Waals surface area (Å²) in [7, 11) is 2.75. The molecule has 276 valence electrons. The van der Waals surface area contributed by atoms with E-state index < -0.39 is 5.60 Å². The average Bonchev–Trinajstić information content (AvgIpc) is 3.05. The van der Waals surface area contributed by atoms with Crippen molar-refractivity contribution in [2.45, 2.75) is 40.2 Å². The van der Waals surface area contributed by atoms with E-state index in [0.717, 1.165) is 75.0 Å². The third-order valence-corrected chi connectivity index (χ3v) is 7.76. The van der Waals surface area contributed by atoms with Crippen molar-refractivity contribution >= 4 is 42.8 Å². The summed E-state index contributed by atoms with van der Waals surface area (Å²) < 4.78 is 26.5. The molecule has 2 heterocycles. The molecule has 0 spiro atoms. The van der Waals surface area contributed by atoms with Crippen LogP contribution in [0, 0.1) is 13.8 Å². The Balaban J connectivity index is 0.000000489. The Morgan fingerprint density at radius 3 is 1.51 bits per heavy atom. The monoisotopic (exact) mass is 728 g/mol. The zero-order valence-corrected chi connectivity index (χ0v) is 31.5. The molecule has 2 aliphatic rings. The molecule has 2 fully saturated rings. The van der Waals surface area contributed by atoms with Gasteiger partial charge in [0.05, 0.1) is 25.3 Å². The zero-order valence-electron chi connectivity index (χ0n) is 29.9. The van der Waals surface area contributed by atoms with Gasteiger partial charge in [-0.1, -0.05) is 0 Å². The molecule has 2 aromatic rings. The summed E-state index contributed by atoms with van der Waals surface area (Å²) in [5.41, 5.74) is 2.45. The molecule has 0 atom stereocenters. The van der Waals surface area contributed by atoms with E-state index in [4.69, 9.17) is 23.7 Å². The molecule has 4 rings (SSSR count). The number of ether oxygens (including phenoxy) is 5. The fraction of sp³-hybridized carbons (Fsp3) is 0.571. The van der Waals surface area contributed by atoms with Crippen molar-refractivity contribution in [3.05, 3.63) is 58.7 Å². The number of carbonyl (C=O) groups excluding carboxylic acids is 3. The van der Waals surface area contributed by atoms with Gasteiger partial charge in [-0.2, -0.15) is 0 Å². The van der Waals surface area contributed by atoms with Gasteiger partial charge in [-0.05, 0) is 82.1 Å². The van der Waals surface area contributed by atoms with Crippen molar-refractivity contribution in [3.8, 4) is 11.5 Å². The number of hydrogen-bond acceptors (Lipinski definition) is 11. The van der Waals surface area contributed by atoms with Crippen molar-refractivity contribution < 1.29 is 38.1 Å². The van der Waals surface area contributed by atoms with Gasteiger partial charge in [0.25, 0.3) is 0 Å². The lowest BCUT2D eigenvalue weighted by molar-refractivity contribution is 0.0136. The summed E-state index contributed by atoms with van der Waals surface area (Å²) in [6.45, 7) is 19.5. The van der Waals surface area contributed by atoms with E-state index in [9.17, 15) is 14.4 Å². The maximum Gasteiger partial charge on any atom is 0.410 e. The molecule has 0 aliphatic carbocycles. The molecule has 0 saturated carbocycles. The third kappa shape index (κ3) is 15.0. The van der Waals surface area contributed by atoms with Crippen LogP contribution in [-0.2, 0) is 14.2 Å². The van der Waals surface area contributed by atoms with Crippen LogP contribution in [0.5, 0.6) is 11.5 Å². The highest BCUT2D eigenvalue weighted by atomic mass is 35.5. The van der Waals surface area contributed by atoms with Crippen LogP contribution in [0.4, 0.5) is 4.79 Å². The SMILES string of the molecule is COC(=O)c1ccc(OCCN2CCN(C(=O)OC(C)(C)C)CC2)c(C)c1.COC(=O)c1ccc(OCCN2CCNCC2)c(C)c1.Cl.Cl. The number of carbonyl (C=O) groups is 3. The molecular formula is C35H54Cl2N4O8. The third-order valence-electron chi connectivity index (χ3n) is 7.76. The van der Waals surface area contributed by atoms with E-state index >= 15 is 0 Å². The molecule has 0 aromatic heterocycles. The minimum absolute atomic E-state index is 0. The van der Waals surface area contributed by atoms with Crippen molar-refractivity contribution in [1.29, 1.82) is 0 Å². The second-order valence-corrected chi connectivity index (χ2v) is 12.5. The second kappa shape index (κ2) is 21.7. The topological polar surface area (TPSA) is 119 Å². The molecule has 12 nitrogen and oxygen atoms in total. The molecule has 1 amide bonds. The first-order chi connectivity index (χ1) is 22.4. The lowest BCUT2D eigenvalue weighted by Crippen LogP contribution is -2.50. The van der Waals surface area contributed by atoms with Crippen LogP contribution in [-0.4, -0.2) is 131 Å². The summed E-state index contributed by atoms with van der Waals surface area (Å²) in [5, 5.41) is 3.33. The van der Waals surface area contributed by atoms with E-state index in [1.807, 2.05) is 40.7 Å². The van der Waals surface area contributed by atoms with Gasteiger partial charge in [0.15, 0.2) is 0 Å². The number of aryl methyl sites for hydroxylation is 2. The summed E-state index contributed by atoms with van der Waals surface area (Å²) in [6.07, 6.45) is -0.250. The molecule has 49 heavy (non-hydrogen) atoms. The van der Waals surface area contributed by atoms with Gasteiger partial charge >= 0.3 is 18.0 Å². The second-order valence-electron chi connectivity index (χ2n) is 12.5. The fourth-order valence-corrected chi connectivity index (χ4v) is 5.10. The van der Waals surface area contributed by atoms with E-state index in [1.54, 1.807) is 35.2 Å². The van der Waals surface area contributed by atoms with Gasteiger partial charge in [-0.15, -0.1) is 24.8 Å². The quantitative estimate of drug-likeness (QED) is 0.273. The van der Waals surface area contributed by atoms with Gasteiger partial charge in [0.2, 0.25) is 0 Å². The molecule has 0 unspecified atom stereocenters. The van der Waals surface area contributed by atoms with Crippen molar-refractivity contribution in [2.24, 2.45) is 0 Å². The Bertz CT molecular complexity index is 1330. The molecule has 0 bridgehead atoms. The van der Waals surface area contributed by atoms with Crippen molar-refractivity contribution in [1.82, 2.24) is 20.0 Å². The number of nitrogens with one attached hydrogen (secondary N) is 1. The van der Waals surface area contributed by atoms with Crippen LogP contribution in [0.25, 0.3) is 0 Å². The predicted molar refractivity (Wildman–Crippen MR) is 194 cm³/mol. The minimum atomic E-state index is -0.469. The Hall–Kier alpha value is -3.29. The first-order valence-electron chi connectivity index (χ1n) is 16.2. The number of rotatable bonds is 10. The number of nitrogens with zero attached hydrogens (tertiary/aromatic N) is 3. The summed E-state index contributed by atoms with van der Waals surface area (Å²) in [6, 6.07) is 10.6. The van der Waals surface area contributed by atoms with Crippen LogP contribution in [0.3, 0.4) is 0 Å². The summed E-state index contributed by atoms with van der Waals surface area (Å²) in [5.74, 6) is 0.913. The molecule has 1 N–H and O–H groups in total. The van der Waals surface area contributed by atoms with Crippen LogP contribution in [0.2, 0.25) is 0 Å². The lowest BCUT2D eigenvalue weighted by Gasteiger charge is -2.35. The Labute approximate surface area is 303 Å². The summed E-state index contributed by atoms with van der Waals surface area (Å²) >= 11 is 0. The number of hydrogen-bond donors (Lipinski definition) is 1. The number of methoxy groups -OCH3 is 2. The Morgan fingerprint density at radius 1 is 0.694 bits per heavy atom. The highest BCUT2D eigenvalue weighted by molar-refractivity contribution is 5.90. The standard InChI is InChI=1S/C20H30N2O5.C15H22N2O3.2ClH/c1-15-14-16(18(23)25-5)6-7-17(15)26-13-12-21-8-10-22(11-9-21)19(24)27-20(2,3)4;1-12-11-13(15(18)19-2)3-4-14(12)20-10-9-17-7-5-16-6-8-17;;/h6-7,14H,8-13H2,1-5H3;3-4,11,16H,5-10H2,1-2H3;2*1H. The summed E-state index contributed by atoms with van der Waals surface area (Å²) in [4.78, 5) is 41.4. The van der Waals surface area contributed by atoms with Crippen molar-refractivity contribution in [3.63, 3.8) is 0 Å². The number of halogens is 2. The maximum absolute atomic E-state index is 12.1. The minimum Gasteiger partial charge on any atom is -0.492 e. The molecule has 2 aromatic carbocycles. The Kier molecular flexibility index (Phi) is 19.4. The smallest absolute Gasteiger partial charge is 0.410 e.